The summed E-state index contributed by atoms with van der Waals surface area (Å²) in [5.74, 6) is 0.377. The van der Waals surface area contributed by atoms with Crippen LogP contribution in [0.3, 0.4) is 0 Å². The Morgan fingerprint density at radius 1 is 1.16 bits per heavy atom. The normalized spacial score (nSPS) is 12.3. The predicted octanol–water partition coefficient (Wildman–Crippen LogP) is 1.85. The van der Waals surface area contributed by atoms with Crippen molar-refractivity contribution >= 4 is 37.1 Å². The third-order valence-corrected chi connectivity index (χ3v) is 5.08. The van der Waals surface area contributed by atoms with Gasteiger partial charge in [-0.2, -0.15) is 0 Å². The molecule has 19 heavy (non-hydrogen) atoms. The van der Waals surface area contributed by atoms with E-state index in [2.05, 4.69) is 4.72 Å². The molecule has 0 saturated heterocycles. The standard InChI is InChI=1S/C11H16ClNO4S2/c1-18(14,15)11-6-4-5-10(9-11)13-19(16,17)8-3-2-7-12/h4-6,9,13H,2-3,7-8H2,1H3. The fourth-order valence-electron chi connectivity index (χ4n) is 1.41. The van der Waals surface area contributed by atoms with Crippen molar-refractivity contribution in [1.29, 1.82) is 0 Å². The lowest BCUT2D eigenvalue weighted by Crippen LogP contribution is -2.17. The monoisotopic (exact) mass is 325 g/mol. The first-order valence-corrected chi connectivity index (χ1v) is 9.69. The Morgan fingerprint density at radius 2 is 1.84 bits per heavy atom. The molecule has 0 amide bonds. The Morgan fingerprint density at radius 3 is 2.42 bits per heavy atom. The smallest absolute Gasteiger partial charge is 0.232 e. The third-order valence-electron chi connectivity index (χ3n) is 2.33. The SMILES string of the molecule is CS(=O)(=O)c1cccc(NS(=O)(=O)CCCCCl)c1. The highest BCUT2D eigenvalue weighted by atomic mass is 35.5. The highest BCUT2D eigenvalue weighted by molar-refractivity contribution is 7.92. The van der Waals surface area contributed by atoms with Gasteiger partial charge in [0.15, 0.2) is 9.84 Å². The summed E-state index contributed by atoms with van der Waals surface area (Å²) in [7, 11) is -6.83. The second-order valence-electron chi connectivity index (χ2n) is 4.12. The lowest BCUT2D eigenvalue weighted by molar-refractivity contribution is 0.596. The number of hydrogen-bond donors (Lipinski definition) is 1. The summed E-state index contributed by atoms with van der Waals surface area (Å²) >= 11 is 5.48. The topological polar surface area (TPSA) is 80.3 Å². The van der Waals surface area contributed by atoms with Gasteiger partial charge < -0.3 is 0 Å². The Hall–Kier alpha value is -0.790. The Kier molecular flexibility index (Phi) is 5.64. The minimum atomic E-state index is -3.47. The molecule has 1 rings (SSSR count). The van der Waals surface area contributed by atoms with E-state index in [1.807, 2.05) is 0 Å². The summed E-state index contributed by atoms with van der Waals surface area (Å²) in [6.07, 6.45) is 2.15. The molecule has 8 heteroatoms. The van der Waals surface area contributed by atoms with Crippen molar-refractivity contribution in [2.75, 3.05) is 22.6 Å². The van der Waals surface area contributed by atoms with Gasteiger partial charge in [0.05, 0.1) is 10.6 Å². The number of alkyl halides is 1. The number of halogens is 1. The quantitative estimate of drug-likeness (QED) is 0.613. The summed E-state index contributed by atoms with van der Waals surface area (Å²) in [5, 5.41) is 0. The minimum absolute atomic E-state index is 0.0389. The molecule has 0 aliphatic carbocycles. The zero-order chi connectivity index (χ0) is 14.5. The number of sulfone groups is 1. The molecule has 108 valence electrons. The van der Waals surface area contributed by atoms with Gasteiger partial charge in [-0.15, -0.1) is 11.6 Å². The van der Waals surface area contributed by atoms with Crippen LogP contribution in [0, 0.1) is 0 Å². The fourth-order valence-corrected chi connectivity index (χ4v) is 3.44. The van der Waals surface area contributed by atoms with E-state index in [-0.39, 0.29) is 16.3 Å². The van der Waals surface area contributed by atoms with Gasteiger partial charge in [-0.3, -0.25) is 4.72 Å². The fraction of sp³-hybridized carbons (Fsp3) is 0.455. The van der Waals surface area contributed by atoms with Gasteiger partial charge in [-0.1, -0.05) is 6.07 Å². The van der Waals surface area contributed by atoms with E-state index in [4.69, 9.17) is 11.6 Å². The first kappa shape index (κ1) is 16.3. The molecule has 1 aromatic carbocycles. The number of sulfonamides is 1. The van der Waals surface area contributed by atoms with Crippen LogP contribution in [-0.2, 0) is 19.9 Å². The highest BCUT2D eigenvalue weighted by Crippen LogP contribution is 2.16. The van der Waals surface area contributed by atoms with E-state index in [1.165, 1.54) is 24.3 Å². The van der Waals surface area contributed by atoms with Crippen molar-refractivity contribution in [3.8, 4) is 0 Å². The van der Waals surface area contributed by atoms with Gasteiger partial charge in [-0.05, 0) is 31.0 Å². The summed E-state index contributed by atoms with van der Waals surface area (Å²) in [6.45, 7) is 0. The maximum absolute atomic E-state index is 11.7. The van der Waals surface area contributed by atoms with Crippen LogP contribution in [0.25, 0.3) is 0 Å². The lowest BCUT2D eigenvalue weighted by atomic mass is 10.3. The Balaban J connectivity index is 2.83. The van der Waals surface area contributed by atoms with Crippen LogP contribution in [0.2, 0.25) is 0 Å². The minimum Gasteiger partial charge on any atom is -0.284 e. The highest BCUT2D eigenvalue weighted by Gasteiger charge is 2.12. The molecule has 0 unspecified atom stereocenters. The van der Waals surface area contributed by atoms with Crippen LogP contribution >= 0.6 is 11.6 Å². The Labute approximate surface area is 118 Å². The number of hydrogen-bond acceptors (Lipinski definition) is 4. The molecule has 0 bridgehead atoms. The van der Waals surface area contributed by atoms with Crippen LogP contribution in [-0.4, -0.2) is 34.7 Å². The average molecular weight is 326 g/mol. The van der Waals surface area contributed by atoms with Gasteiger partial charge in [0.1, 0.15) is 0 Å². The van der Waals surface area contributed by atoms with Gasteiger partial charge in [0, 0.05) is 17.8 Å². The molecule has 0 atom stereocenters. The number of anilines is 1. The number of rotatable bonds is 7. The zero-order valence-electron chi connectivity index (χ0n) is 10.5. The molecular weight excluding hydrogens is 310 g/mol. The van der Waals surface area contributed by atoms with E-state index in [9.17, 15) is 16.8 Å². The van der Waals surface area contributed by atoms with Gasteiger partial charge in [-0.25, -0.2) is 16.8 Å². The summed E-state index contributed by atoms with van der Waals surface area (Å²) in [5.41, 5.74) is 0.244. The third kappa shape index (κ3) is 5.80. The molecule has 0 fully saturated rings. The van der Waals surface area contributed by atoms with Crippen LogP contribution in [0.5, 0.6) is 0 Å². The zero-order valence-corrected chi connectivity index (χ0v) is 12.9. The molecule has 0 radical (unpaired) electrons. The molecule has 0 aromatic heterocycles. The number of benzene rings is 1. The largest absolute Gasteiger partial charge is 0.284 e. The lowest BCUT2D eigenvalue weighted by Gasteiger charge is -2.08. The van der Waals surface area contributed by atoms with Crippen molar-refractivity contribution in [2.45, 2.75) is 17.7 Å². The van der Waals surface area contributed by atoms with Crippen LogP contribution < -0.4 is 4.72 Å². The van der Waals surface area contributed by atoms with Crippen LogP contribution in [0.15, 0.2) is 29.2 Å². The molecule has 0 heterocycles. The van der Waals surface area contributed by atoms with Crippen molar-refractivity contribution in [3.63, 3.8) is 0 Å². The molecule has 0 saturated carbocycles. The first-order valence-electron chi connectivity index (χ1n) is 5.61. The maximum atomic E-state index is 11.7. The van der Waals surface area contributed by atoms with E-state index in [0.29, 0.717) is 18.7 Å². The molecule has 1 aromatic rings. The van der Waals surface area contributed by atoms with Crippen molar-refractivity contribution in [3.05, 3.63) is 24.3 Å². The average Bonchev–Trinajstić information content (AvgIpc) is 2.27. The van der Waals surface area contributed by atoms with Crippen LogP contribution in [0.1, 0.15) is 12.8 Å². The molecule has 5 nitrogen and oxygen atoms in total. The number of nitrogens with one attached hydrogen (secondary N) is 1. The summed E-state index contributed by atoms with van der Waals surface area (Å²) < 4.78 is 48.6. The molecule has 0 spiro atoms. The van der Waals surface area contributed by atoms with Gasteiger partial charge >= 0.3 is 0 Å². The molecule has 1 N–H and O–H groups in total. The van der Waals surface area contributed by atoms with Crippen molar-refractivity contribution in [1.82, 2.24) is 0 Å². The van der Waals surface area contributed by atoms with E-state index in [1.54, 1.807) is 0 Å². The van der Waals surface area contributed by atoms with Gasteiger partial charge in [0.2, 0.25) is 10.0 Å². The second-order valence-corrected chi connectivity index (χ2v) is 8.35. The van der Waals surface area contributed by atoms with Crippen molar-refractivity contribution in [2.24, 2.45) is 0 Å². The van der Waals surface area contributed by atoms with Crippen molar-refractivity contribution < 1.29 is 16.8 Å². The molecular formula is C11H16ClNO4S2. The van der Waals surface area contributed by atoms with E-state index < -0.39 is 19.9 Å². The maximum Gasteiger partial charge on any atom is 0.232 e. The predicted molar refractivity (Wildman–Crippen MR) is 76.9 cm³/mol. The number of unbranched alkanes of at least 4 members (excludes halogenated alkanes) is 1. The Bertz CT molecular complexity index is 626. The van der Waals surface area contributed by atoms with E-state index >= 15 is 0 Å². The molecule has 0 aliphatic rings. The second kappa shape index (κ2) is 6.58. The van der Waals surface area contributed by atoms with Crippen LogP contribution in [0.4, 0.5) is 5.69 Å². The molecule has 0 aliphatic heterocycles. The van der Waals surface area contributed by atoms with E-state index in [0.717, 1.165) is 6.26 Å². The summed E-state index contributed by atoms with van der Waals surface area (Å²) in [4.78, 5) is 0.0773. The van der Waals surface area contributed by atoms with Gasteiger partial charge in [0.25, 0.3) is 0 Å². The first-order chi connectivity index (χ1) is 8.74. The summed E-state index contributed by atoms with van der Waals surface area (Å²) in [6, 6.07) is 5.72.